The minimum absolute atomic E-state index is 1.49. The van der Waals surface area contributed by atoms with E-state index in [1.807, 2.05) is 53.5 Å². The fourth-order valence-corrected chi connectivity index (χ4v) is 0.637. The Bertz CT molecular complexity index is 270. The molecule has 1 nitrogen and oxygen atoms in total. The molecule has 0 rings (SSSR count). The van der Waals surface area contributed by atoms with Crippen molar-refractivity contribution >= 4 is 81.3 Å². The molecule has 0 spiro atoms. The van der Waals surface area contributed by atoms with E-state index in [2.05, 4.69) is 0 Å². The quantitative estimate of drug-likeness (QED) is 0.357. The molecule has 0 aromatic carbocycles. The van der Waals surface area contributed by atoms with Crippen LogP contribution in [0.25, 0.3) is 0 Å². The van der Waals surface area contributed by atoms with Gasteiger partial charge in [-0.25, -0.2) is 0 Å². The van der Waals surface area contributed by atoms with Gasteiger partial charge in [0.05, 0.1) is 0 Å². The predicted octanol–water partition coefficient (Wildman–Crippen LogP) is -4.47. The molecule has 0 amide bonds. The van der Waals surface area contributed by atoms with Crippen LogP contribution >= 0.6 is 0 Å². The summed E-state index contributed by atoms with van der Waals surface area (Å²) in [5.41, 5.74) is 0. The third-order valence-electron chi connectivity index (χ3n) is 1.21. The molecule has 0 N–H and O–H groups in total. The Morgan fingerprint density at radius 3 is 1.57 bits per heavy atom. The van der Waals surface area contributed by atoms with Gasteiger partial charge < -0.3 is 0 Å². The maximum absolute atomic E-state index is 5.14. The number of hydrogen-bond acceptors (Lipinski definition) is 1. The Balaban J connectivity index is 3.67. The summed E-state index contributed by atoms with van der Waals surface area (Å²) in [6, 6.07) is 0. The van der Waals surface area contributed by atoms with Crippen molar-refractivity contribution in [1.29, 1.82) is 0 Å². The van der Waals surface area contributed by atoms with Crippen LogP contribution in [0, 0.1) is 0 Å². The van der Waals surface area contributed by atoms with Crippen LogP contribution in [0.15, 0.2) is 0 Å². The monoisotopic (exact) mass is 163 g/mol. The zero-order valence-electron chi connectivity index (χ0n) is 8.34. The maximum atomic E-state index is 5.14. The van der Waals surface area contributed by atoms with Gasteiger partial charge in [0.2, 0.25) is 0 Å². The van der Waals surface area contributed by atoms with Gasteiger partial charge in [-0.15, -0.1) is 0 Å². The van der Waals surface area contributed by atoms with E-state index in [1.165, 1.54) is 6.69 Å². The van der Waals surface area contributed by atoms with E-state index in [0.717, 1.165) is 0 Å². The number of hydrogen-bond donors (Lipinski definition) is 0. The fourth-order valence-electron chi connectivity index (χ4n) is 0.637. The molecular weight excluding hydrogens is 158 g/mol. The molecule has 0 aliphatic heterocycles. The van der Waals surface area contributed by atoms with E-state index >= 15 is 0 Å². The molecule has 14 heavy (non-hydrogen) atoms. The van der Waals surface area contributed by atoms with Crippen molar-refractivity contribution in [2.75, 3.05) is 7.11 Å². The van der Waals surface area contributed by atoms with E-state index in [9.17, 15) is 0 Å². The van der Waals surface area contributed by atoms with E-state index in [4.69, 9.17) is 12.0 Å². The fraction of sp³-hybridized carbons (Fsp3) is 1.00. The van der Waals surface area contributed by atoms with Gasteiger partial charge in [0, 0.05) is 0 Å². The Morgan fingerprint density at radius 1 is 0.714 bits per heavy atom. The topological polar surface area (TPSA) is 9.23 Å². The van der Waals surface area contributed by atoms with Crippen molar-refractivity contribution in [3.63, 3.8) is 0 Å². The number of rotatable bonds is 6. The molecule has 0 saturated heterocycles. The summed E-state index contributed by atoms with van der Waals surface area (Å²) in [5.74, 6) is 0. The molecule has 0 aromatic heterocycles. The van der Waals surface area contributed by atoms with Gasteiger partial charge in [-0.05, 0) is 0 Å². The molecule has 13 heteroatoms. The van der Waals surface area contributed by atoms with Gasteiger partial charge in [0.15, 0.2) is 0 Å². The molecule has 0 bridgehead atoms. The van der Waals surface area contributed by atoms with Crippen LogP contribution in [0.4, 0.5) is 0 Å². The van der Waals surface area contributed by atoms with Crippen LogP contribution in [-0.4, -0.2) is 88.4 Å². The second-order valence-electron chi connectivity index (χ2n) is 2.30. The summed E-state index contributed by atoms with van der Waals surface area (Å²) in [7, 11) is 8.37. The first-order valence-electron chi connectivity index (χ1n) is 4.31. The molecule has 0 fully saturated rings. The van der Waals surface area contributed by atoms with Crippen LogP contribution in [0.5, 0.6) is 0 Å². The third kappa shape index (κ3) is 12.6. The molecule has 0 aliphatic carbocycles. The molecule has 0 aliphatic rings. The Morgan fingerprint density at radius 2 is 1.14 bits per heavy atom. The van der Waals surface area contributed by atoms with Gasteiger partial charge in [-0.3, -0.25) is 0 Å². The van der Waals surface area contributed by atoms with Crippen molar-refractivity contribution < 1.29 is 4.65 Å². The van der Waals surface area contributed by atoms with Crippen LogP contribution in [0.3, 0.4) is 0 Å². The van der Waals surface area contributed by atoms with Gasteiger partial charge in [0.25, 0.3) is 0 Å². The van der Waals surface area contributed by atoms with Crippen LogP contribution < -0.4 is 0 Å². The average Bonchev–Trinajstić information content (AvgIpc) is 2.21. The summed E-state index contributed by atoms with van der Waals surface area (Å²) in [6.45, 7) is 18.4. The first-order valence-corrected chi connectivity index (χ1v) is 4.31. The van der Waals surface area contributed by atoms with Crippen molar-refractivity contribution in [1.82, 2.24) is 0 Å². The summed E-state index contributed by atoms with van der Waals surface area (Å²) < 4.78 is 4.72. The molecule has 0 unspecified atom stereocenters. The van der Waals surface area contributed by atoms with Crippen LogP contribution in [0.2, 0.25) is 0 Å². The van der Waals surface area contributed by atoms with Gasteiger partial charge in [-0.1, -0.05) is 0 Å². The Labute approximate surface area is 93.3 Å². The van der Waals surface area contributed by atoms with Crippen molar-refractivity contribution in [2.24, 2.45) is 0 Å². The SMILES string of the molecule is [B]=BB=BB=BB=BB=BB=BOC. The molecule has 0 saturated carbocycles. The van der Waals surface area contributed by atoms with Gasteiger partial charge in [-0.2, -0.15) is 0 Å². The molecule has 0 aromatic rings. The van der Waals surface area contributed by atoms with Crippen molar-refractivity contribution in [3.8, 4) is 0 Å². The molecule has 49 valence electrons. The minimum atomic E-state index is 1.49. The third-order valence-corrected chi connectivity index (χ3v) is 1.21. The van der Waals surface area contributed by atoms with Gasteiger partial charge in [0.1, 0.15) is 0 Å². The summed E-state index contributed by atoms with van der Waals surface area (Å²) in [4.78, 5) is 0. The standard InChI is InChI=1S/CH3B12O/c1-14-13-12-11-10-9-8-7-6-5-4-3-2/h1H3. The molecular formula is CH3B12O. The summed E-state index contributed by atoms with van der Waals surface area (Å²) in [6.07, 6.45) is 0. The first-order chi connectivity index (χ1) is 6.91. The van der Waals surface area contributed by atoms with E-state index < -0.39 is 0 Å². The zero-order chi connectivity index (χ0) is 10.5. The average molecular weight is 161 g/mol. The second kappa shape index (κ2) is 13.6. The van der Waals surface area contributed by atoms with E-state index in [-0.39, 0.29) is 0 Å². The molecule has 0 heterocycles. The Kier molecular flexibility index (Phi) is 14.1. The van der Waals surface area contributed by atoms with E-state index in [1.54, 1.807) is 20.8 Å². The van der Waals surface area contributed by atoms with Crippen LogP contribution in [0.1, 0.15) is 0 Å². The normalized spacial score (nSPS) is 6.86. The first kappa shape index (κ1) is 14.6. The van der Waals surface area contributed by atoms with Crippen molar-refractivity contribution in [3.05, 3.63) is 0 Å². The zero-order valence-corrected chi connectivity index (χ0v) is 8.34. The van der Waals surface area contributed by atoms with Crippen molar-refractivity contribution in [2.45, 2.75) is 0 Å². The molecule has 0 atom stereocenters. The predicted molar refractivity (Wildman–Crippen MR) is 76.1 cm³/mol. The Hall–Kier alpha value is 0.579. The molecule has 1 radical (unpaired) electrons. The van der Waals surface area contributed by atoms with Crippen LogP contribution in [-0.2, 0) is 4.65 Å². The summed E-state index contributed by atoms with van der Waals surface area (Å²) in [5, 5.41) is 0. The summed E-state index contributed by atoms with van der Waals surface area (Å²) >= 11 is 0. The second-order valence-corrected chi connectivity index (χ2v) is 2.30. The van der Waals surface area contributed by atoms with E-state index in [0.29, 0.717) is 0 Å². The van der Waals surface area contributed by atoms with Gasteiger partial charge >= 0.3 is 93.1 Å².